The minimum atomic E-state index is -1.51. The summed E-state index contributed by atoms with van der Waals surface area (Å²) < 4.78 is 44.3. The van der Waals surface area contributed by atoms with Crippen molar-refractivity contribution in [2.45, 2.75) is 0 Å². The van der Waals surface area contributed by atoms with Gasteiger partial charge in [-0.25, -0.2) is 13.2 Å². The summed E-state index contributed by atoms with van der Waals surface area (Å²) in [5, 5.41) is 3.79. The lowest BCUT2D eigenvalue weighted by Crippen LogP contribution is -1.91. The maximum atomic E-state index is 13.2. The molecular weight excluding hydrogens is 269 g/mol. The Hall–Kier alpha value is -2.63. The van der Waals surface area contributed by atoms with E-state index in [0.717, 1.165) is 12.1 Å². The highest BCUT2D eigenvalue weighted by Crippen LogP contribution is 2.27. The molecule has 0 atom stereocenters. The van der Waals surface area contributed by atoms with Crippen LogP contribution in [0, 0.1) is 17.5 Å². The molecule has 1 aromatic carbocycles. The van der Waals surface area contributed by atoms with Gasteiger partial charge in [0.1, 0.15) is 5.69 Å². The van der Waals surface area contributed by atoms with E-state index in [4.69, 9.17) is 4.52 Å². The first kappa shape index (κ1) is 12.4. The second-order valence-electron chi connectivity index (χ2n) is 4.07. The topological polar surface area (TPSA) is 38.9 Å². The Morgan fingerprint density at radius 1 is 0.950 bits per heavy atom. The summed E-state index contributed by atoms with van der Waals surface area (Å²) in [7, 11) is 0. The van der Waals surface area contributed by atoms with Gasteiger partial charge in [-0.3, -0.25) is 4.98 Å². The van der Waals surface area contributed by atoms with E-state index in [1.54, 1.807) is 24.5 Å². The van der Waals surface area contributed by atoms with Gasteiger partial charge >= 0.3 is 0 Å². The summed E-state index contributed by atoms with van der Waals surface area (Å²) >= 11 is 0. The molecule has 0 N–H and O–H groups in total. The van der Waals surface area contributed by atoms with Crippen LogP contribution in [0.25, 0.3) is 22.6 Å². The third-order valence-corrected chi connectivity index (χ3v) is 2.74. The van der Waals surface area contributed by atoms with Crippen LogP contribution < -0.4 is 0 Å². The van der Waals surface area contributed by atoms with Gasteiger partial charge in [-0.1, -0.05) is 5.16 Å². The molecule has 0 fully saturated rings. The Morgan fingerprint density at radius 3 is 2.35 bits per heavy atom. The Bertz CT molecular complexity index is 733. The SMILES string of the molecule is Fc1cc(-c2cc(-c3cccnc3)no2)cc(F)c1F. The molecule has 0 amide bonds. The van der Waals surface area contributed by atoms with Crippen LogP contribution >= 0.6 is 0 Å². The molecule has 0 aliphatic rings. The number of benzene rings is 1. The quantitative estimate of drug-likeness (QED) is 0.668. The molecule has 0 bridgehead atoms. The lowest BCUT2D eigenvalue weighted by Gasteiger charge is -1.98. The summed E-state index contributed by atoms with van der Waals surface area (Å²) in [6, 6.07) is 6.70. The summed E-state index contributed by atoms with van der Waals surface area (Å²) in [6.45, 7) is 0. The molecule has 0 unspecified atom stereocenters. The van der Waals surface area contributed by atoms with Gasteiger partial charge in [0.15, 0.2) is 23.2 Å². The fourth-order valence-electron chi connectivity index (χ4n) is 1.76. The summed E-state index contributed by atoms with van der Waals surface area (Å²) in [6.07, 6.45) is 3.18. The van der Waals surface area contributed by atoms with Gasteiger partial charge in [-0.05, 0) is 24.3 Å². The Balaban J connectivity index is 2.03. The molecule has 100 valence electrons. The van der Waals surface area contributed by atoms with E-state index < -0.39 is 17.5 Å². The van der Waals surface area contributed by atoms with Crippen LogP contribution in [0.4, 0.5) is 13.2 Å². The maximum absolute atomic E-state index is 13.2. The number of hydrogen-bond acceptors (Lipinski definition) is 3. The lowest BCUT2D eigenvalue weighted by molar-refractivity contribution is 0.429. The zero-order valence-electron chi connectivity index (χ0n) is 9.98. The number of nitrogens with zero attached hydrogens (tertiary/aromatic N) is 2. The number of aromatic nitrogens is 2. The molecule has 20 heavy (non-hydrogen) atoms. The highest BCUT2D eigenvalue weighted by atomic mass is 19.2. The normalized spacial score (nSPS) is 10.8. The molecular formula is C14H7F3N2O. The lowest BCUT2D eigenvalue weighted by atomic mass is 10.1. The molecule has 3 rings (SSSR count). The van der Waals surface area contributed by atoms with Crippen LogP contribution in [0.15, 0.2) is 47.2 Å². The number of pyridine rings is 1. The van der Waals surface area contributed by atoms with Gasteiger partial charge in [0.25, 0.3) is 0 Å². The van der Waals surface area contributed by atoms with Crippen molar-refractivity contribution in [3.05, 3.63) is 60.2 Å². The van der Waals surface area contributed by atoms with Gasteiger partial charge < -0.3 is 4.52 Å². The van der Waals surface area contributed by atoms with Crippen LogP contribution in [0.2, 0.25) is 0 Å². The molecule has 0 radical (unpaired) electrons. The van der Waals surface area contributed by atoms with Crippen molar-refractivity contribution in [1.82, 2.24) is 10.1 Å². The van der Waals surface area contributed by atoms with E-state index in [1.807, 2.05) is 0 Å². The van der Waals surface area contributed by atoms with E-state index in [9.17, 15) is 13.2 Å². The van der Waals surface area contributed by atoms with Crippen LogP contribution in [0.1, 0.15) is 0 Å². The zero-order valence-corrected chi connectivity index (χ0v) is 9.98. The first-order valence-corrected chi connectivity index (χ1v) is 5.67. The predicted octanol–water partition coefficient (Wildman–Crippen LogP) is 3.82. The standard InChI is InChI=1S/C14H7F3N2O/c15-10-4-9(5-11(16)14(10)17)13-6-12(19-20-13)8-2-1-3-18-7-8/h1-7H. The zero-order chi connectivity index (χ0) is 14.1. The van der Waals surface area contributed by atoms with Gasteiger partial charge in [0.2, 0.25) is 0 Å². The fourth-order valence-corrected chi connectivity index (χ4v) is 1.76. The van der Waals surface area contributed by atoms with Gasteiger partial charge in [-0.2, -0.15) is 0 Å². The molecule has 3 aromatic rings. The first-order chi connectivity index (χ1) is 9.65. The number of halogens is 3. The van der Waals surface area contributed by atoms with Crippen LogP contribution in [0.3, 0.4) is 0 Å². The van der Waals surface area contributed by atoms with Crippen molar-refractivity contribution in [1.29, 1.82) is 0 Å². The first-order valence-electron chi connectivity index (χ1n) is 5.67. The smallest absolute Gasteiger partial charge is 0.194 e. The average Bonchev–Trinajstić information content (AvgIpc) is 2.95. The molecule has 0 spiro atoms. The summed E-state index contributed by atoms with van der Waals surface area (Å²) in [5.74, 6) is -3.93. The molecule has 6 heteroatoms. The van der Waals surface area contributed by atoms with Crippen molar-refractivity contribution >= 4 is 0 Å². The predicted molar refractivity (Wildman–Crippen MR) is 65.0 cm³/mol. The Morgan fingerprint density at radius 2 is 1.70 bits per heavy atom. The van der Waals surface area contributed by atoms with Crippen molar-refractivity contribution in [2.75, 3.05) is 0 Å². The van der Waals surface area contributed by atoms with Crippen molar-refractivity contribution in [3.63, 3.8) is 0 Å². The third-order valence-electron chi connectivity index (χ3n) is 2.74. The second-order valence-corrected chi connectivity index (χ2v) is 4.07. The van der Waals surface area contributed by atoms with E-state index in [2.05, 4.69) is 10.1 Å². The van der Waals surface area contributed by atoms with Crippen molar-refractivity contribution < 1.29 is 17.7 Å². The summed E-state index contributed by atoms with van der Waals surface area (Å²) in [5.41, 5.74) is 1.24. The number of rotatable bonds is 2. The van der Waals surface area contributed by atoms with E-state index >= 15 is 0 Å². The van der Waals surface area contributed by atoms with Crippen LogP contribution in [-0.2, 0) is 0 Å². The molecule has 2 heterocycles. The highest BCUT2D eigenvalue weighted by Gasteiger charge is 2.15. The van der Waals surface area contributed by atoms with Gasteiger partial charge in [-0.15, -0.1) is 0 Å². The Kier molecular flexibility index (Phi) is 2.98. The average molecular weight is 276 g/mol. The molecule has 3 nitrogen and oxygen atoms in total. The molecule has 0 aliphatic heterocycles. The molecule has 0 saturated heterocycles. The van der Waals surface area contributed by atoms with Gasteiger partial charge in [0, 0.05) is 29.6 Å². The largest absolute Gasteiger partial charge is 0.356 e. The van der Waals surface area contributed by atoms with Crippen LogP contribution in [-0.4, -0.2) is 10.1 Å². The van der Waals surface area contributed by atoms with E-state index in [0.29, 0.717) is 11.3 Å². The second kappa shape index (κ2) is 4.80. The minimum absolute atomic E-state index is 0.0732. The summed E-state index contributed by atoms with van der Waals surface area (Å²) in [4.78, 5) is 3.93. The highest BCUT2D eigenvalue weighted by molar-refractivity contribution is 5.66. The molecule has 0 aliphatic carbocycles. The maximum Gasteiger partial charge on any atom is 0.194 e. The van der Waals surface area contributed by atoms with E-state index in [-0.39, 0.29) is 11.3 Å². The van der Waals surface area contributed by atoms with Gasteiger partial charge in [0.05, 0.1) is 0 Å². The Labute approximate surface area is 111 Å². The molecule has 2 aromatic heterocycles. The van der Waals surface area contributed by atoms with Crippen molar-refractivity contribution in [2.24, 2.45) is 0 Å². The fraction of sp³-hybridized carbons (Fsp3) is 0. The van der Waals surface area contributed by atoms with Crippen molar-refractivity contribution in [3.8, 4) is 22.6 Å². The molecule has 0 saturated carbocycles. The van der Waals surface area contributed by atoms with E-state index in [1.165, 1.54) is 6.07 Å². The minimum Gasteiger partial charge on any atom is -0.356 e. The monoisotopic (exact) mass is 276 g/mol. The van der Waals surface area contributed by atoms with Crippen LogP contribution in [0.5, 0.6) is 0 Å². The third kappa shape index (κ3) is 2.16. The number of hydrogen-bond donors (Lipinski definition) is 0.